The van der Waals surface area contributed by atoms with Gasteiger partial charge in [-0.2, -0.15) is 13.2 Å². The summed E-state index contributed by atoms with van der Waals surface area (Å²) >= 11 is 0. The van der Waals surface area contributed by atoms with E-state index in [1.54, 1.807) is 12.1 Å². The van der Waals surface area contributed by atoms with Gasteiger partial charge in [0.15, 0.2) is 17.2 Å². The first-order valence-electron chi connectivity index (χ1n) is 12.3. The Morgan fingerprint density at radius 3 is 2.38 bits per heavy atom. The number of hydrogen-bond acceptors (Lipinski definition) is 7. The minimum absolute atomic E-state index is 0.235. The molecule has 0 bridgehead atoms. The van der Waals surface area contributed by atoms with Crippen molar-refractivity contribution in [1.82, 2.24) is 29.5 Å². The fourth-order valence-corrected chi connectivity index (χ4v) is 4.38. The molecule has 2 aromatic carbocycles. The van der Waals surface area contributed by atoms with E-state index >= 15 is 0 Å². The predicted octanol–water partition coefficient (Wildman–Crippen LogP) is 6.25. The SMILES string of the molecule is COc1ncnc2nc(-c3ccccc3C(C)C)nc(NCc3ccc(-c4nc(C(F)(F)F)cn4C)cc3)c12. The van der Waals surface area contributed by atoms with Gasteiger partial charge in [0.25, 0.3) is 0 Å². The van der Waals surface area contributed by atoms with Crippen LogP contribution < -0.4 is 10.1 Å². The first-order chi connectivity index (χ1) is 18.7. The van der Waals surface area contributed by atoms with Crippen LogP contribution in [0, 0.1) is 0 Å². The van der Waals surface area contributed by atoms with Crippen LogP contribution in [0.2, 0.25) is 0 Å². The topological polar surface area (TPSA) is 90.6 Å². The van der Waals surface area contributed by atoms with E-state index in [9.17, 15) is 13.2 Å². The zero-order chi connectivity index (χ0) is 27.7. The highest BCUT2D eigenvalue weighted by Gasteiger charge is 2.34. The van der Waals surface area contributed by atoms with Crippen molar-refractivity contribution in [2.45, 2.75) is 32.5 Å². The molecule has 39 heavy (non-hydrogen) atoms. The zero-order valence-electron chi connectivity index (χ0n) is 21.8. The molecule has 0 fully saturated rings. The highest BCUT2D eigenvalue weighted by molar-refractivity contribution is 5.92. The van der Waals surface area contributed by atoms with Crippen LogP contribution >= 0.6 is 0 Å². The number of nitrogens with one attached hydrogen (secondary N) is 1. The maximum atomic E-state index is 13.1. The molecule has 5 aromatic rings. The first kappa shape index (κ1) is 26.1. The number of ether oxygens (including phenoxy) is 1. The lowest BCUT2D eigenvalue weighted by molar-refractivity contribution is -0.140. The van der Waals surface area contributed by atoms with Crippen LogP contribution in [0.5, 0.6) is 5.88 Å². The molecule has 200 valence electrons. The van der Waals surface area contributed by atoms with Gasteiger partial charge in [0.2, 0.25) is 5.88 Å². The van der Waals surface area contributed by atoms with Crippen LogP contribution in [-0.4, -0.2) is 36.6 Å². The van der Waals surface area contributed by atoms with Crippen LogP contribution in [0.25, 0.3) is 33.8 Å². The molecule has 0 unspecified atom stereocenters. The number of methoxy groups -OCH3 is 1. The Balaban J connectivity index is 1.47. The fraction of sp³-hybridized carbons (Fsp3) is 0.250. The minimum atomic E-state index is -4.50. The molecule has 3 aromatic heterocycles. The second-order valence-electron chi connectivity index (χ2n) is 9.33. The first-order valence-corrected chi connectivity index (χ1v) is 12.3. The summed E-state index contributed by atoms with van der Waals surface area (Å²) in [6, 6.07) is 15.1. The van der Waals surface area contributed by atoms with Crippen LogP contribution in [-0.2, 0) is 19.8 Å². The van der Waals surface area contributed by atoms with E-state index in [2.05, 4.69) is 40.2 Å². The number of alkyl halides is 3. The fourth-order valence-electron chi connectivity index (χ4n) is 4.38. The number of rotatable bonds is 7. The average Bonchev–Trinajstić information content (AvgIpc) is 3.33. The van der Waals surface area contributed by atoms with Crippen molar-refractivity contribution < 1.29 is 17.9 Å². The summed E-state index contributed by atoms with van der Waals surface area (Å²) in [6.45, 7) is 4.61. The Kier molecular flexibility index (Phi) is 6.90. The second-order valence-corrected chi connectivity index (χ2v) is 9.33. The van der Waals surface area contributed by atoms with E-state index in [0.717, 1.165) is 22.9 Å². The van der Waals surface area contributed by atoms with Gasteiger partial charge in [0.05, 0.1) is 7.11 Å². The van der Waals surface area contributed by atoms with Crippen molar-refractivity contribution in [3.63, 3.8) is 0 Å². The number of fused-ring (bicyclic) bond motifs is 1. The quantitative estimate of drug-likeness (QED) is 0.264. The summed E-state index contributed by atoms with van der Waals surface area (Å²) in [7, 11) is 3.06. The summed E-state index contributed by atoms with van der Waals surface area (Å²) in [5.74, 6) is 1.88. The van der Waals surface area contributed by atoms with Gasteiger partial charge in [0, 0.05) is 30.9 Å². The van der Waals surface area contributed by atoms with Crippen molar-refractivity contribution in [3.8, 4) is 28.7 Å². The molecule has 0 aliphatic carbocycles. The third-order valence-electron chi connectivity index (χ3n) is 6.31. The van der Waals surface area contributed by atoms with E-state index in [4.69, 9.17) is 14.7 Å². The van der Waals surface area contributed by atoms with Crippen LogP contribution in [0.15, 0.2) is 61.1 Å². The number of aromatic nitrogens is 6. The number of imidazole rings is 1. The van der Waals surface area contributed by atoms with Crippen LogP contribution in [0.4, 0.5) is 19.0 Å². The molecule has 1 N–H and O–H groups in total. The Morgan fingerprint density at radius 2 is 1.72 bits per heavy atom. The van der Waals surface area contributed by atoms with Gasteiger partial charge in [-0.05, 0) is 17.0 Å². The Morgan fingerprint density at radius 1 is 0.974 bits per heavy atom. The van der Waals surface area contributed by atoms with Gasteiger partial charge in [-0.3, -0.25) is 0 Å². The Bertz CT molecular complexity index is 1630. The third kappa shape index (κ3) is 5.25. The van der Waals surface area contributed by atoms with Crippen molar-refractivity contribution in [2.24, 2.45) is 7.05 Å². The Labute approximate surface area is 223 Å². The number of anilines is 1. The van der Waals surface area contributed by atoms with Gasteiger partial charge >= 0.3 is 6.18 Å². The lowest BCUT2D eigenvalue weighted by Gasteiger charge is -2.15. The maximum Gasteiger partial charge on any atom is 0.434 e. The molecule has 11 heteroatoms. The molecule has 0 aliphatic rings. The van der Waals surface area contributed by atoms with Crippen molar-refractivity contribution >= 4 is 16.9 Å². The number of nitrogens with zero attached hydrogens (tertiary/aromatic N) is 6. The van der Waals surface area contributed by atoms with Crippen molar-refractivity contribution in [1.29, 1.82) is 0 Å². The van der Waals surface area contributed by atoms with Gasteiger partial charge in [-0.15, -0.1) is 0 Å². The Hall–Kier alpha value is -4.54. The number of hydrogen-bond donors (Lipinski definition) is 1. The van der Waals surface area contributed by atoms with Crippen LogP contribution in [0.1, 0.15) is 36.6 Å². The van der Waals surface area contributed by atoms with Crippen LogP contribution in [0.3, 0.4) is 0 Å². The molecule has 5 rings (SSSR count). The summed E-state index contributed by atoms with van der Waals surface area (Å²) in [4.78, 5) is 21.9. The highest BCUT2D eigenvalue weighted by Crippen LogP contribution is 2.33. The largest absolute Gasteiger partial charge is 0.480 e. The normalized spacial score (nSPS) is 11.8. The standard InChI is InChI=1S/C28H26F3N7O/c1-16(2)19-7-5-6-8-20(19)23-36-24(22-25(37-23)33-15-34-27(22)39-4)32-13-17-9-11-18(12-10-17)26-35-21(14-38(26)3)28(29,30)31/h5-12,14-16H,13H2,1-4H3,(H,32,33,34,36,37). The monoisotopic (exact) mass is 533 g/mol. The van der Waals surface area contributed by atoms with E-state index < -0.39 is 11.9 Å². The lowest BCUT2D eigenvalue weighted by Crippen LogP contribution is -2.07. The molecule has 0 spiro atoms. The minimum Gasteiger partial charge on any atom is -0.480 e. The molecular formula is C28H26F3N7O. The molecule has 0 radical (unpaired) electrons. The molecule has 0 saturated heterocycles. The highest BCUT2D eigenvalue weighted by atomic mass is 19.4. The smallest absolute Gasteiger partial charge is 0.434 e. The summed E-state index contributed by atoms with van der Waals surface area (Å²) < 4.78 is 46.1. The number of benzene rings is 2. The summed E-state index contributed by atoms with van der Waals surface area (Å²) in [6.07, 6.45) is -2.12. The molecule has 0 amide bonds. The van der Waals surface area contributed by atoms with Crippen molar-refractivity contribution in [3.05, 3.63) is 77.9 Å². The maximum absolute atomic E-state index is 13.1. The molecule has 0 aliphatic heterocycles. The molecule has 0 atom stereocenters. The molecule has 0 saturated carbocycles. The average molecular weight is 534 g/mol. The van der Waals surface area contributed by atoms with Gasteiger partial charge in [-0.25, -0.2) is 24.9 Å². The lowest BCUT2D eigenvalue weighted by atomic mass is 9.97. The van der Waals surface area contributed by atoms with Gasteiger partial charge in [0.1, 0.15) is 23.4 Å². The molecule has 8 nitrogen and oxygen atoms in total. The second kappa shape index (κ2) is 10.3. The molecule has 3 heterocycles. The zero-order valence-corrected chi connectivity index (χ0v) is 21.8. The van der Waals surface area contributed by atoms with Gasteiger partial charge in [-0.1, -0.05) is 62.4 Å². The third-order valence-corrected chi connectivity index (χ3v) is 6.31. The predicted molar refractivity (Wildman–Crippen MR) is 142 cm³/mol. The summed E-state index contributed by atoms with van der Waals surface area (Å²) in [5, 5.41) is 3.90. The molecular weight excluding hydrogens is 507 g/mol. The van der Waals surface area contributed by atoms with Gasteiger partial charge < -0.3 is 14.6 Å². The number of aryl methyl sites for hydroxylation is 1. The van der Waals surface area contributed by atoms with E-state index in [-0.39, 0.29) is 11.7 Å². The van der Waals surface area contributed by atoms with E-state index in [0.29, 0.717) is 40.7 Å². The van der Waals surface area contributed by atoms with Crippen molar-refractivity contribution in [2.75, 3.05) is 12.4 Å². The summed E-state index contributed by atoms with van der Waals surface area (Å²) in [5.41, 5.74) is 3.00. The van der Waals surface area contributed by atoms with E-state index in [1.807, 2.05) is 30.3 Å². The van der Waals surface area contributed by atoms with E-state index in [1.165, 1.54) is 25.1 Å². The number of halogens is 3.